The van der Waals surface area contributed by atoms with E-state index in [0.717, 1.165) is 23.5 Å². The average Bonchev–Trinajstić information content (AvgIpc) is 2.96. The van der Waals surface area contributed by atoms with E-state index in [1.165, 1.54) is 11.1 Å². The van der Waals surface area contributed by atoms with Gasteiger partial charge in [0.25, 0.3) is 0 Å². The molecule has 1 aliphatic heterocycles. The van der Waals surface area contributed by atoms with Crippen molar-refractivity contribution in [2.24, 2.45) is 0 Å². The van der Waals surface area contributed by atoms with Crippen LogP contribution >= 0.6 is 11.8 Å². The molecule has 0 fully saturated rings. The Kier molecular flexibility index (Phi) is 4.53. The first kappa shape index (κ1) is 15.2. The van der Waals surface area contributed by atoms with Crippen LogP contribution in [0.3, 0.4) is 0 Å². The summed E-state index contributed by atoms with van der Waals surface area (Å²) in [4.78, 5) is 15.6. The normalized spacial score (nSPS) is 13.5. The van der Waals surface area contributed by atoms with Crippen molar-refractivity contribution >= 4 is 23.4 Å². The van der Waals surface area contributed by atoms with E-state index in [9.17, 15) is 4.79 Å². The molecule has 0 aromatic heterocycles. The zero-order chi connectivity index (χ0) is 15.5. The third kappa shape index (κ3) is 3.20. The first-order valence-electron chi connectivity index (χ1n) is 7.76. The lowest BCUT2D eigenvalue weighted by molar-refractivity contribution is -0.116. The fourth-order valence-corrected chi connectivity index (χ4v) is 3.58. The molecule has 1 aliphatic rings. The van der Waals surface area contributed by atoms with Gasteiger partial charge < -0.3 is 4.90 Å². The summed E-state index contributed by atoms with van der Waals surface area (Å²) in [5, 5.41) is 0. The van der Waals surface area contributed by atoms with Crippen molar-refractivity contribution in [1.29, 1.82) is 0 Å². The summed E-state index contributed by atoms with van der Waals surface area (Å²) in [7, 11) is 0. The average molecular weight is 311 g/mol. The van der Waals surface area contributed by atoms with Crippen molar-refractivity contribution in [2.45, 2.75) is 31.1 Å². The predicted molar refractivity (Wildman–Crippen MR) is 93.8 cm³/mol. The number of amides is 1. The highest BCUT2D eigenvalue weighted by Gasteiger charge is 2.24. The molecule has 22 heavy (non-hydrogen) atoms. The number of carbonyl (C=O) groups is 1. The Morgan fingerprint density at radius 1 is 1.18 bits per heavy atom. The summed E-state index contributed by atoms with van der Waals surface area (Å²) in [5.41, 5.74) is 3.76. The van der Waals surface area contributed by atoms with Crippen LogP contribution in [-0.4, -0.2) is 18.2 Å². The van der Waals surface area contributed by atoms with Crippen LogP contribution in [0.25, 0.3) is 0 Å². The van der Waals surface area contributed by atoms with Crippen LogP contribution in [-0.2, 0) is 11.2 Å². The molecule has 1 amide bonds. The van der Waals surface area contributed by atoms with E-state index in [1.54, 1.807) is 11.8 Å². The molecule has 0 atom stereocenters. The van der Waals surface area contributed by atoms with Gasteiger partial charge in [-0.25, -0.2) is 0 Å². The monoisotopic (exact) mass is 311 g/mol. The molecule has 3 rings (SSSR count). The van der Waals surface area contributed by atoms with Crippen molar-refractivity contribution in [3.8, 4) is 0 Å². The Labute approximate surface area is 136 Å². The lowest BCUT2D eigenvalue weighted by Gasteiger charge is -2.18. The van der Waals surface area contributed by atoms with Crippen LogP contribution in [0, 0.1) is 0 Å². The fraction of sp³-hybridized carbons (Fsp3) is 0.316. The molecule has 0 saturated carbocycles. The Balaban J connectivity index is 1.69. The standard InChI is InChI=1S/C19H21NOS/c1-14(2)15-8-9-18-16(12-15)10-11-20(18)19(21)13-22-17-6-4-3-5-7-17/h3-9,12,14H,10-11,13H2,1-2H3. The first-order valence-corrected chi connectivity index (χ1v) is 8.75. The van der Waals surface area contributed by atoms with Gasteiger partial charge in [0.1, 0.15) is 0 Å². The lowest BCUT2D eigenvalue weighted by Crippen LogP contribution is -2.30. The van der Waals surface area contributed by atoms with Crippen LogP contribution in [0.5, 0.6) is 0 Å². The Bertz CT molecular complexity index is 666. The zero-order valence-corrected chi connectivity index (χ0v) is 13.9. The Hall–Kier alpha value is -1.74. The van der Waals surface area contributed by atoms with Crippen LogP contribution in [0.4, 0.5) is 5.69 Å². The highest BCUT2D eigenvalue weighted by molar-refractivity contribution is 8.00. The SMILES string of the molecule is CC(C)c1ccc2c(c1)CCN2C(=O)CSc1ccccc1. The zero-order valence-electron chi connectivity index (χ0n) is 13.1. The third-order valence-corrected chi connectivity index (χ3v) is 5.07. The van der Waals surface area contributed by atoms with Gasteiger partial charge in [0.15, 0.2) is 0 Å². The topological polar surface area (TPSA) is 20.3 Å². The molecule has 0 bridgehead atoms. The molecule has 114 valence electrons. The third-order valence-electron chi connectivity index (χ3n) is 4.07. The van der Waals surface area contributed by atoms with E-state index < -0.39 is 0 Å². The first-order chi connectivity index (χ1) is 10.6. The van der Waals surface area contributed by atoms with Crippen LogP contribution in [0.1, 0.15) is 30.9 Å². The van der Waals surface area contributed by atoms with E-state index >= 15 is 0 Å². The molecule has 0 N–H and O–H groups in total. The summed E-state index contributed by atoms with van der Waals surface area (Å²) >= 11 is 1.61. The maximum atomic E-state index is 12.5. The van der Waals surface area contributed by atoms with Crippen molar-refractivity contribution in [2.75, 3.05) is 17.2 Å². The van der Waals surface area contributed by atoms with E-state index in [-0.39, 0.29) is 5.91 Å². The summed E-state index contributed by atoms with van der Waals surface area (Å²) in [6.07, 6.45) is 0.970. The van der Waals surface area contributed by atoms with Gasteiger partial charge in [0, 0.05) is 17.1 Å². The number of rotatable bonds is 4. The number of fused-ring (bicyclic) bond motifs is 1. The van der Waals surface area contributed by atoms with Crippen molar-refractivity contribution in [3.05, 3.63) is 59.7 Å². The summed E-state index contributed by atoms with van der Waals surface area (Å²) in [6, 6.07) is 16.6. The molecule has 2 aromatic carbocycles. The van der Waals surface area contributed by atoms with Gasteiger partial charge in [0.05, 0.1) is 5.75 Å². The molecule has 2 nitrogen and oxygen atoms in total. The Morgan fingerprint density at radius 3 is 2.68 bits per heavy atom. The maximum absolute atomic E-state index is 12.5. The van der Waals surface area contributed by atoms with Crippen LogP contribution < -0.4 is 4.90 Å². The number of hydrogen-bond acceptors (Lipinski definition) is 2. The minimum absolute atomic E-state index is 0.199. The van der Waals surface area contributed by atoms with Gasteiger partial charge in [-0.15, -0.1) is 11.8 Å². The molecule has 1 heterocycles. The molecule has 0 saturated heterocycles. The van der Waals surface area contributed by atoms with Gasteiger partial charge in [0.2, 0.25) is 5.91 Å². The highest BCUT2D eigenvalue weighted by Crippen LogP contribution is 2.31. The van der Waals surface area contributed by atoms with Crippen LogP contribution in [0.15, 0.2) is 53.4 Å². The molecule has 0 aliphatic carbocycles. The molecular formula is C19H21NOS. The predicted octanol–water partition coefficient (Wildman–Crippen LogP) is 4.49. The number of anilines is 1. The molecule has 0 unspecified atom stereocenters. The van der Waals surface area contributed by atoms with Crippen molar-refractivity contribution in [3.63, 3.8) is 0 Å². The second-order valence-corrected chi connectivity index (χ2v) is 6.99. The van der Waals surface area contributed by atoms with Crippen molar-refractivity contribution < 1.29 is 4.79 Å². The van der Waals surface area contributed by atoms with Gasteiger partial charge in [-0.3, -0.25) is 4.79 Å². The number of carbonyl (C=O) groups excluding carboxylic acids is 1. The van der Waals surface area contributed by atoms with E-state index in [2.05, 4.69) is 32.0 Å². The molecular weight excluding hydrogens is 290 g/mol. The smallest absolute Gasteiger partial charge is 0.237 e. The number of hydrogen-bond donors (Lipinski definition) is 0. The molecule has 3 heteroatoms. The lowest BCUT2D eigenvalue weighted by atomic mass is 10.00. The molecule has 2 aromatic rings. The molecule has 0 radical (unpaired) electrons. The van der Waals surface area contributed by atoms with Gasteiger partial charge in [-0.1, -0.05) is 44.2 Å². The second-order valence-electron chi connectivity index (χ2n) is 5.94. The highest BCUT2D eigenvalue weighted by atomic mass is 32.2. The van der Waals surface area contributed by atoms with E-state index in [0.29, 0.717) is 11.7 Å². The minimum atomic E-state index is 0.199. The maximum Gasteiger partial charge on any atom is 0.237 e. The Morgan fingerprint density at radius 2 is 1.95 bits per heavy atom. The van der Waals surface area contributed by atoms with Gasteiger partial charge in [-0.05, 0) is 41.7 Å². The number of benzene rings is 2. The van der Waals surface area contributed by atoms with E-state index in [1.807, 2.05) is 35.2 Å². The van der Waals surface area contributed by atoms with E-state index in [4.69, 9.17) is 0 Å². The molecule has 0 spiro atoms. The van der Waals surface area contributed by atoms with Gasteiger partial charge >= 0.3 is 0 Å². The minimum Gasteiger partial charge on any atom is -0.311 e. The number of nitrogens with zero attached hydrogens (tertiary/aromatic N) is 1. The second kappa shape index (κ2) is 6.57. The quantitative estimate of drug-likeness (QED) is 0.775. The summed E-state index contributed by atoms with van der Waals surface area (Å²) in [5.74, 6) is 1.23. The van der Waals surface area contributed by atoms with Crippen molar-refractivity contribution in [1.82, 2.24) is 0 Å². The van der Waals surface area contributed by atoms with Crippen LogP contribution in [0.2, 0.25) is 0 Å². The fourth-order valence-electron chi connectivity index (χ4n) is 2.78. The summed E-state index contributed by atoms with van der Waals surface area (Å²) in [6.45, 7) is 5.22. The number of thioether (sulfide) groups is 1. The largest absolute Gasteiger partial charge is 0.311 e. The summed E-state index contributed by atoms with van der Waals surface area (Å²) < 4.78 is 0. The van der Waals surface area contributed by atoms with Gasteiger partial charge in [-0.2, -0.15) is 0 Å².